The highest BCUT2D eigenvalue weighted by molar-refractivity contribution is 5.93. The molecule has 0 saturated carbocycles. The lowest BCUT2D eigenvalue weighted by Gasteiger charge is -2.13. The third kappa shape index (κ3) is 1.35. The Balaban J connectivity index is 2.46. The molecule has 0 fully saturated rings. The summed E-state index contributed by atoms with van der Waals surface area (Å²) in [5.74, 6) is 1.32. The Morgan fingerprint density at radius 2 is 2.46 bits per heavy atom. The van der Waals surface area contributed by atoms with Gasteiger partial charge in [-0.3, -0.25) is 9.69 Å². The maximum atomic E-state index is 11.4. The minimum Gasteiger partial charge on any atom is -0.489 e. The van der Waals surface area contributed by atoms with Gasteiger partial charge in [-0.15, -0.1) is 0 Å². The van der Waals surface area contributed by atoms with Crippen LogP contribution in [-0.2, 0) is 4.79 Å². The van der Waals surface area contributed by atoms with Crippen molar-refractivity contribution in [2.24, 2.45) is 0 Å². The van der Waals surface area contributed by atoms with Gasteiger partial charge < -0.3 is 4.74 Å². The molecule has 2 heterocycles. The van der Waals surface area contributed by atoms with Gasteiger partial charge in [0.05, 0.1) is 13.0 Å². The first kappa shape index (κ1) is 8.04. The van der Waals surface area contributed by atoms with Gasteiger partial charge in [-0.1, -0.05) is 0 Å². The maximum absolute atomic E-state index is 11.4. The number of hydrogen-bond donors (Lipinski definition) is 0. The summed E-state index contributed by atoms with van der Waals surface area (Å²) in [4.78, 5) is 17.0. The number of nitrogens with zero attached hydrogens (tertiary/aromatic N) is 2. The van der Waals surface area contributed by atoms with Gasteiger partial charge in [0.2, 0.25) is 5.91 Å². The Morgan fingerprint density at radius 3 is 3.31 bits per heavy atom. The maximum Gasteiger partial charge on any atom is 0.231 e. The van der Waals surface area contributed by atoms with Gasteiger partial charge in [-0.25, -0.2) is 4.98 Å². The number of ether oxygens (including phenoxy) is 1. The highest BCUT2D eigenvalue weighted by Crippen LogP contribution is 2.26. The van der Waals surface area contributed by atoms with E-state index in [1.54, 1.807) is 19.3 Å². The Morgan fingerprint density at radius 1 is 1.62 bits per heavy atom. The Labute approximate surface area is 76.1 Å². The molecule has 0 radical (unpaired) electrons. The second kappa shape index (κ2) is 3.05. The molecular formula is C9H10N2O2. The van der Waals surface area contributed by atoms with E-state index in [1.165, 1.54) is 4.90 Å². The number of aromatic nitrogens is 1. The van der Waals surface area contributed by atoms with Crippen LogP contribution in [0.15, 0.2) is 18.3 Å². The molecule has 1 aromatic heterocycles. The Kier molecular flexibility index (Phi) is 1.88. The topological polar surface area (TPSA) is 42.4 Å². The number of hydrogen-bond acceptors (Lipinski definition) is 3. The lowest BCUT2D eigenvalue weighted by molar-refractivity contribution is -0.118. The van der Waals surface area contributed by atoms with E-state index in [1.807, 2.05) is 6.07 Å². The molecule has 4 nitrogen and oxygen atoms in total. The first-order valence-corrected chi connectivity index (χ1v) is 4.13. The van der Waals surface area contributed by atoms with E-state index in [0.29, 0.717) is 24.6 Å². The van der Waals surface area contributed by atoms with Crippen molar-refractivity contribution in [2.75, 3.05) is 18.6 Å². The van der Waals surface area contributed by atoms with Crippen LogP contribution in [0.2, 0.25) is 0 Å². The molecule has 13 heavy (non-hydrogen) atoms. The van der Waals surface area contributed by atoms with Crippen molar-refractivity contribution < 1.29 is 9.53 Å². The summed E-state index contributed by atoms with van der Waals surface area (Å²) in [5, 5.41) is 0. The zero-order chi connectivity index (χ0) is 9.26. The summed E-state index contributed by atoms with van der Waals surface area (Å²) < 4.78 is 5.36. The average molecular weight is 178 g/mol. The van der Waals surface area contributed by atoms with E-state index in [-0.39, 0.29) is 5.91 Å². The first-order chi connectivity index (χ1) is 6.29. The number of amides is 1. The van der Waals surface area contributed by atoms with Crippen molar-refractivity contribution in [2.45, 2.75) is 6.42 Å². The molecule has 0 saturated heterocycles. The van der Waals surface area contributed by atoms with Gasteiger partial charge in [0.1, 0.15) is 0 Å². The minimum absolute atomic E-state index is 0.0393. The summed E-state index contributed by atoms with van der Waals surface area (Å²) in [5.41, 5.74) is 0. The van der Waals surface area contributed by atoms with Gasteiger partial charge in [0, 0.05) is 13.2 Å². The van der Waals surface area contributed by atoms with Crippen molar-refractivity contribution in [3.63, 3.8) is 0 Å². The molecule has 0 spiro atoms. The molecule has 0 unspecified atom stereocenters. The summed E-state index contributed by atoms with van der Waals surface area (Å²) >= 11 is 0. The van der Waals surface area contributed by atoms with Crippen LogP contribution in [0.25, 0.3) is 0 Å². The van der Waals surface area contributed by atoms with E-state index >= 15 is 0 Å². The molecule has 1 aromatic rings. The van der Waals surface area contributed by atoms with E-state index in [2.05, 4.69) is 4.98 Å². The molecule has 1 amide bonds. The predicted octanol–water partition coefficient (Wildman–Crippen LogP) is 0.827. The zero-order valence-electron chi connectivity index (χ0n) is 7.36. The second-order valence-electron chi connectivity index (χ2n) is 2.88. The van der Waals surface area contributed by atoms with Gasteiger partial charge in [0.25, 0.3) is 0 Å². The lowest BCUT2D eigenvalue weighted by atomic mass is 10.4. The van der Waals surface area contributed by atoms with Crippen molar-refractivity contribution in [3.05, 3.63) is 18.3 Å². The van der Waals surface area contributed by atoms with Gasteiger partial charge in [0.15, 0.2) is 11.6 Å². The largest absolute Gasteiger partial charge is 0.489 e. The smallest absolute Gasteiger partial charge is 0.231 e. The number of carbonyl (C=O) groups is 1. The fourth-order valence-electron chi connectivity index (χ4n) is 1.28. The molecule has 0 aliphatic carbocycles. The van der Waals surface area contributed by atoms with Crippen molar-refractivity contribution in [1.82, 2.24) is 4.98 Å². The number of carbonyl (C=O) groups excluding carboxylic acids is 1. The van der Waals surface area contributed by atoms with Gasteiger partial charge in [-0.05, 0) is 12.1 Å². The third-order valence-electron chi connectivity index (χ3n) is 2.02. The van der Waals surface area contributed by atoms with Crippen LogP contribution in [0.3, 0.4) is 0 Å². The monoisotopic (exact) mass is 178 g/mol. The van der Waals surface area contributed by atoms with E-state index in [4.69, 9.17) is 4.74 Å². The van der Waals surface area contributed by atoms with Crippen molar-refractivity contribution in [1.29, 1.82) is 0 Å². The highest BCUT2D eigenvalue weighted by atomic mass is 16.5. The summed E-state index contributed by atoms with van der Waals surface area (Å²) in [6, 6.07) is 3.61. The molecule has 1 aliphatic rings. The number of pyridine rings is 1. The van der Waals surface area contributed by atoms with Crippen molar-refractivity contribution in [3.8, 4) is 5.75 Å². The Hall–Kier alpha value is -1.58. The zero-order valence-corrected chi connectivity index (χ0v) is 7.36. The second-order valence-corrected chi connectivity index (χ2v) is 2.88. The molecule has 4 heteroatoms. The molecule has 1 aliphatic heterocycles. The van der Waals surface area contributed by atoms with E-state index in [0.717, 1.165) is 0 Å². The van der Waals surface area contributed by atoms with Crippen LogP contribution in [0.4, 0.5) is 5.82 Å². The van der Waals surface area contributed by atoms with E-state index in [9.17, 15) is 4.79 Å². The predicted molar refractivity (Wildman–Crippen MR) is 47.8 cm³/mol. The highest BCUT2D eigenvalue weighted by Gasteiger charge is 2.19. The Bertz CT molecular complexity index is 338. The molecule has 0 bridgehead atoms. The van der Waals surface area contributed by atoms with Crippen LogP contribution in [0, 0.1) is 0 Å². The summed E-state index contributed by atoms with van der Waals surface area (Å²) in [6.45, 7) is 0.432. The standard InChI is InChI=1S/C9H10N2O2/c1-11-8(12)4-6-13-7-3-2-5-10-9(7)11/h2-3,5H,4,6H2,1H3. The normalized spacial score (nSPS) is 16.1. The SMILES string of the molecule is CN1C(=O)CCOc2cccnc21. The number of fused-ring (bicyclic) bond motifs is 1. The lowest BCUT2D eigenvalue weighted by Crippen LogP contribution is -2.25. The average Bonchev–Trinajstić information content (AvgIpc) is 2.29. The van der Waals surface area contributed by atoms with Crippen LogP contribution in [0.5, 0.6) is 5.75 Å². The minimum atomic E-state index is 0.0393. The summed E-state index contributed by atoms with van der Waals surface area (Å²) in [7, 11) is 1.71. The van der Waals surface area contributed by atoms with Gasteiger partial charge >= 0.3 is 0 Å². The van der Waals surface area contributed by atoms with Crippen LogP contribution in [-0.4, -0.2) is 24.5 Å². The molecule has 0 N–H and O–H groups in total. The fraction of sp³-hybridized carbons (Fsp3) is 0.333. The van der Waals surface area contributed by atoms with E-state index < -0.39 is 0 Å². The quantitative estimate of drug-likeness (QED) is 0.590. The fourth-order valence-corrected chi connectivity index (χ4v) is 1.28. The third-order valence-corrected chi connectivity index (χ3v) is 2.02. The summed E-state index contributed by atoms with van der Waals surface area (Å²) in [6.07, 6.45) is 2.06. The molecule has 0 aromatic carbocycles. The van der Waals surface area contributed by atoms with Crippen LogP contribution < -0.4 is 9.64 Å². The molecular weight excluding hydrogens is 168 g/mol. The van der Waals surface area contributed by atoms with Crippen molar-refractivity contribution >= 4 is 11.7 Å². The first-order valence-electron chi connectivity index (χ1n) is 4.13. The van der Waals surface area contributed by atoms with Crippen LogP contribution >= 0.6 is 0 Å². The van der Waals surface area contributed by atoms with Gasteiger partial charge in [-0.2, -0.15) is 0 Å². The van der Waals surface area contributed by atoms with Crippen LogP contribution in [0.1, 0.15) is 6.42 Å². The molecule has 0 atom stereocenters. The molecule has 2 rings (SSSR count). The molecule has 68 valence electrons. The number of rotatable bonds is 0. The number of anilines is 1.